The number of esters is 1. The van der Waals surface area contributed by atoms with Gasteiger partial charge in [0.15, 0.2) is 0 Å². The third-order valence-electron chi connectivity index (χ3n) is 1.73. The Kier molecular flexibility index (Phi) is 4.48. The maximum absolute atomic E-state index is 11.2. The van der Waals surface area contributed by atoms with Gasteiger partial charge in [-0.1, -0.05) is 30.4 Å². The van der Waals surface area contributed by atoms with E-state index in [0.29, 0.717) is 12.2 Å². The molecule has 0 aliphatic rings. The minimum Gasteiger partial charge on any atom is -0.427 e. The van der Waals surface area contributed by atoms with Gasteiger partial charge in [-0.05, 0) is 25.5 Å². The zero-order chi connectivity index (χ0) is 10.2. The molecule has 2 nitrogen and oxygen atoms in total. The smallest absolute Gasteiger partial charge is 0.311 e. The molecule has 0 unspecified atom stereocenters. The Morgan fingerprint density at radius 3 is 2.71 bits per heavy atom. The van der Waals surface area contributed by atoms with Crippen LogP contribution in [0, 0.1) is 0 Å². The molecule has 0 radical (unpaired) electrons. The molecule has 1 aromatic carbocycles. The topological polar surface area (TPSA) is 26.3 Å². The largest absolute Gasteiger partial charge is 0.427 e. The van der Waals surface area contributed by atoms with Crippen LogP contribution < -0.4 is 4.74 Å². The summed E-state index contributed by atoms with van der Waals surface area (Å²) < 4.78 is 5.09. The molecule has 0 saturated heterocycles. The van der Waals surface area contributed by atoms with E-state index in [4.69, 9.17) is 4.74 Å². The first kappa shape index (κ1) is 10.5. The summed E-state index contributed by atoms with van der Waals surface area (Å²) in [5.74, 6) is 0.423. The Hall–Kier alpha value is -1.57. The maximum atomic E-state index is 11.2. The van der Waals surface area contributed by atoms with Crippen LogP contribution in [0.3, 0.4) is 0 Å². The molecule has 0 aliphatic carbocycles. The molecule has 0 aliphatic heterocycles. The van der Waals surface area contributed by atoms with Crippen molar-refractivity contribution in [1.82, 2.24) is 0 Å². The second-order valence-electron chi connectivity index (χ2n) is 2.89. The average molecular weight is 190 g/mol. The number of hydrogen-bond donors (Lipinski definition) is 0. The van der Waals surface area contributed by atoms with Gasteiger partial charge >= 0.3 is 5.97 Å². The Bertz CT molecular complexity index is 301. The van der Waals surface area contributed by atoms with E-state index in [0.717, 1.165) is 6.42 Å². The van der Waals surface area contributed by atoms with Crippen molar-refractivity contribution in [2.24, 2.45) is 0 Å². The van der Waals surface area contributed by atoms with Gasteiger partial charge in [0, 0.05) is 6.42 Å². The maximum Gasteiger partial charge on any atom is 0.311 e. The monoisotopic (exact) mass is 190 g/mol. The van der Waals surface area contributed by atoms with Crippen molar-refractivity contribution in [2.75, 3.05) is 0 Å². The van der Waals surface area contributed by atoms with Crippen LogP contribution >= 0.6 is 0 Å². The Labute approximate surface area is 84.2 Å². The van der Waals surface area contributed by atoms with Crippen molar-refractivity contribution < 1.29 is 9.53 Å². The first-order chi connectivity index (χ1) is 6.83. The van der Waals surface area contributed by atoms with Gasteiger partial charge in [-0.3, -0.25) is 4.79 Å². The number of benzene rings is 1. The molecule has 0 fully saturated rings. The lowest BCUT2D eigenvalue weighted by Crippen LogP contribution is -2.06. The fraction of sp³-hybridized carbons (Fsp3) is 0.250. The predicted molar refractivity (Wildman–Crippen MR) is 56.1 cm³/mol. The Morgan fingerprint density at radius 1 is 1.36 bits per heavy atom. The molecule has 1 aromatic rings. The number of ether oxygens (including phenoxy) is 1. The number of hydrogen-bond acceptors (Lipinski definition) is 2. The third-order valence-corrected chi connectivity index (χ3v) is 1.73. The molecule has 2 heteroatoms. The second kappa shape index (κ2) is 5.97. The van der Waals surface area contributed by atoms with E-state index in [1.54, 1.807) is 12.1 Å². The van der Waals surface area contributed by atoms with E-state index in [1.165, 1.54) is 0 Å². The van der Waals surface area contributed by atoms with Gasteiger partial charge in [-0.25, -0.2) is 0 Å². The number of para-hydroxylation sites is 1. The quantitative estimate of drug-likeness (QED) is 0.414. The minimum absolute atomic E-state index is 0.186. The predicted octanol–water partition coefficient (Wildman–Crippen LogP) is 2.95. The van der Waals surface area contributed by atoms with Gasteiger partial charge in [0.2, 0.25) is 0 Å². The van der Waals surface area contributed by atoms with Crippen molar-refractivity contribution in [1.29, 1.82) is 0 Å². The normalized spacial score (nSPS) is 10.4. The summed E-state index contributed by atoms with van der Waals surface area (Å²) in [4.78, 5) is 11.2. The fourth-order valence-electron chi connectivity index (χ4n) is 1.04. The Morgan fingerprint density at radius 2 is 2.07 bits per heavy atom. The summed E-state index contributed by atoms with van der Waals surface area (Å²) in [5.41, 5.74) is 0. The van der Waals surface area contributed by atoms with Crippen molar-refractivity contribution >= 4 is 5.97 Å². The zero-order valence-corrected chi connectivity index (χ0v) is 8.27. The first-order valence-electron chi connectivity index (χ1n) is 4.70. The highest BCUT2D eigenvalue weighted by Gasteiger charge is 2.01. The Balaban J connectivity index is 2.34. The van der Waals surface area contributed by atoms with Crippen LogP contribution in [0.2, 0.25) is 0 Å². The number of allylic oxidation sites excluding steroid dienone is 2. The van der Waals surface area contributed by atoms with Crippen LogP contribution in [-0.4, -0.2) is 5.97 Å². The van der Waals surface area contributed by atoms with Gasteiger partial charge in [-0.2, -0.15) is 0 Å². The second-order valence-corrected chi connectivity index (χ2v) is 2.89. The molecular weight excluding hydrogens is 176 g/mol. The molecule has 0 spiro atoms. The third kappa shape index (κ3) is 3.90. The number of carbonyl (C=O) groups excluding carboxylic acids is 1. The standard InChI is InChI=1S/C12H14O2/c1-2-3-5-10-12(13)14-11-8-6-4-7-9-11/h2-4,6-9H,5,10H2,1H3/b3-2+. The molecule has 0 saturated carbocycles. The highest BCUT2D eigenvalue weighted by molar-refractivity contribution is 5.72. The van der Waals surface area contributed by atoms with Crippen molar-refractivity contribution in [3.63, 3.8) is 0 Å². The zero-order valence-electron chi connectivity index (χ0n) is 8.27. The summed E-state index contributed by atoms with van der Waals surface area (Å²) in [6.07, 6.45) is 5.05. The van der Waals surface area contributed by atoms with Crippen LogP contribution in [0.5, 0.6) is 5.75 Å². The summed E-state index contributed by atoms with van der Waals surface area (Å²) in [6, 6.07) is 9.11. The van der Waals surface area contributed by atoms with Crippen LogP contribution in [0.15, 0.2) is 42.5 Å². The fourth-order valence-corrected chi connectivity index (χ4v) is 1.04. The van der Waals surface area contributed by atoms with E-state index in [2.05, 4.69) is 0 Å². The summed E-state index contributed by atoms with van der Waals surface area (Å²) >= 11 is 0. The van der Waals surface area contributed by atoms with E-state index in [-0.39, 0.29) is 5.97 Å². The van der Waals surface area contributed by atoms with Gasteiger partial charge in [0.1, 0.15) is 5.75 Å². The lowest BCUT2D eigenvalue weighted by molar-refractivity contribution is -0.134. The molecule has 0 atom stereocenters. The van der Waals surface area contributed by atoms with Crippen molar-refractivity contribution in [3.05, 3.63) is 42.5 Å². The van der Waals surface area contributed by atoms with Crippen LogP contribution in [0.1, 0.15) is 19.8 Å². The van der Waals surface area contributed by atoms with Gasteiger partial charge in [0.05, 0.1) is 0 Å². The summed E-state index contributed by atoms with van der Waals surface area (Å²) in [5, 5.41) is 0. The van der Waals surface area contributed by atoms with E-state index < -0.39 is 0 Å². The van der Waals surface area contributed by atoms with E-state index in [9.17, 15) is 4.79 Å². The molecule has 0 aromatic heterocycles. The van der Waals surface area contributed by atoms with Crippen LogP contribution in [0.4, 0.5) is 0 Å². The van der Waals surface area contributed by atoms with Crippen molar-refractivity contribution in [3.8, 4) is 5.75 Å². The van der Waals surface area contributed by atoms with Crippen LogP contribution in [-0.2, 0) is 4.79 Å². The average Bonchev–Trinajstić information content (AvgIpc) is 2.20. The molecule has 0 bridgehead atoms. The lowest BCUT2D eigenvalue weighted by atomic mass is 10.3. The molecule has 0 heterocycles. The lowest BCUT2D eigenvalue weighted by Gasteiger charge is -2.01. The number of carbonyl (C=O) groups is 1. The SMILES string of the molecule is C/C=C/CCC(=O)Oc1ccccc1. The molecule has 0 N–H and O–H groups in total. The minimum atomic E-state index is -0.186. The summed E-state index contributed by atoms with van der Waals surface area (Å²) in [7, 11) is 0. The van der Waals surface area contributed by atoms with Gasteiger partial charge in [0.25, 0.3) is 0 Å². The molecule has 14 heavy (non-hydrogen) atoms. The highest BCUT2D eigenvalue weighted by Crippen LogP contribution is 2.09. The number of rotatable bonds is 4. The molecule has 74 valence electrons. The molecule has 1 rings (SSSR count). The summed E-state index contributed by atoms with van der Waals surface area (Å²) in [6.45, 7) is 1.93. The van der Waals surface area contributed by atoms with Gasteiger partial charge in [-0.15, -0.1) is 0 Å². The first-order valence-corrected chi connectivity index (χ1v) is 4.70. The van der Waals surface area contributed by atoms with Gasteiger partial charge < -0.3 is 4.74 Å². The van der Waals surface area contributed by atoms with Crippen LogP contribution in [0.25, 0.3) is 0 Å². The van der Waals surface area contributed by atoms with E-state index >= 15 is 0 Å². The molecular formula is C12H14O2. The molecule has 0 amide bonds. The van der Waals surface area contributed by atoms with E-state index in [1.807, 2.05) is 37.3 Å². The van der Waals surface area contributed by atoms with Crippen molar-refractivity contribution in [2.45, 2.75) is 19.8 Å². The highest BCUT2D eigenvalue weighted by atomic mass is 16.5.